The zero-order valence-corrected chi connectivity index (χ0v) is 10.2. The quantitative estimate of drug-likeness (QED) is 0.521. The zero-order valence-electron chi connectivity index (χ0n) is 10.2. The Kier molecular flexibility index (Phi) is 5.17. The average molecular weight is 202 g/mol. The minimum absolute atomic E-state index is 1.24. The van der Waals surface area contributed by atoms with Crippen LogP contribution in [0.4, 0.5) is 0 Å². The Morgan fingerprint density at radius 1 is 0.733 bits per heavy atom. The Morgan fingerprint density at radius 3 is 1.53 bits per heavy atom. The fourth-order valence-electron chi connectivity index (χ4n) is 1.57. The molecule has 0 heteroatoms. The molecule has 0 bridgehead atoms. The molecule has 0 spiro atoms. The highest BCUT2D eigenvalue weighted by Gasteiger charge is 1.95. The minimum Gasteiger partial charge on any atom is -0.0842 e. The van der Waals surface area contributed by atoms with Gasteiger partial charge in [0, 0.05) is 0 Å². The lowest BCUT2D eigenvalue weighted by molar-refractivity contribution is 0.906. The van der Waals surface area contributed by atoms with Crippen molar-refractivity contribution in [1.82, 2.24) is 0 Å². The molecule has 2 rings (SSSR count). The number of allylic oxidation sites excluding steroid dienone is 8. The van der Waals surface area contributed by atoms with Gasteiger partial charge in [0.25, 0.3) is 0 Å². The lowest BCUT2D eigenvalue weighted by atomic mass is 10.0. The largest absolute Gasteiger partial charge is 0.0842 e. The summed E-state index contributed by atoms with van der Waals surface area (Å²) in [7, 11) is 0. The molecule has 0 nitrogen and oxygen atoms in total. The second-order valence-electron chi connectivity index (χ2n) is 4.51. The Bertz CT molecular complexity index is 293. The first-order valence-corrected chi connectivity index (χ1v) is 5.83. The van der Waals surface area contributed by atoms with E-state index in [4.69, 9.17) is 0 Å². The minimum atomic E-state index is 1.24. The van der Waals surface area contributed by atoms with E-state index < -0.39 is 0 Å². The third-order valence-electron chi connectivity index (χ3n) is 2.79. The maximum atomic E-state index is 2.21. The number of hydrogen-bond donors (Lipinski definition) is 0. The van der Waals surface area contributed by atoms with Gasteiger partial charge in [-0.3, -0.25) is 0 Å². The standard InChI is InChI=1S/C8H12.C7H10/c1-7-3-5-8(2)6-4-7;1-7-5-3-2-4-6-7/h3,5H,4,6H2,1-2H3;2-3,5H,4,6H2,1H3. The van der Waals surface area contributed by atoms with Crippen LogP contribution < -0.4 is 0 Å². The van der Waals surface area contributed by atoms with E-state index in [0.29, 0.717) is 0 Å². The Balaban J connectivity index is 0.000000151. The third-order valence-corrected chi connectivity index (χ3v) is 2.79. The van der Waals surface area contributed by atoms with Crippen LogP contribution >= 0.6 is 0 Å². The highest BCUT2D eigenvalue weighted by molar-refractivity contribution is 5.21. The molecule has 0 aromatic rings. The molecule has 2 aliphatic carbocycles. The summed E-state index contributed by atoms with van der Waals surface area (Å²) in [6, 6.07) is 0. The summed E-state index contributed by atoms with van der Waals surface area (Å²) in [5.74, 6) is 0. The Morgan fingerprint density at radius 2 is 1.27 bits per heavy atom. The first-order valence-electron chi connectivity index (χ1n) is 5.83. The van der Waals surface area contributed by atoms with Crippen molar-refractivity contribution in [1.29, 1.82) is 0 Å². The SMILES string of the molecule is CC1=CC=C(C)CC1.CC1=CC=CCC1. The lowest BCUT2D eigenvalue weighted by Crippen LogP contribution is -1.85. The van der Waals surface area contributed by atoms with Crippen LogP contribution in [0, 0.1) is 0 Å². The van der Waals surface area contributed by atoms with Crippen molar-refractivity contribution in [2.45, 2.75) is 46.5 Å². The molecular formula is C15H22. The highest BCUT2D eigenvalue weighted by atomic mass is 14.0. The normalized spacial score (nSPS) is 19.5. The molecule has 82 valence electrons. The topological polar surface area (TPSA) is 0 Å². The summed E-state index contributed by atoms with van der Waals surface area (Å²) in [6.07, 6.45) is 15.9. The maximum absolute atomic E-state index is 2.21. The summed E-state index contributed by atoms with van der Waals surface area (Å²) in [6.45, 7) is 6.54. The molecule has 0 aromatic carbocycles. The molecule has 0 aliphatic heterocycles. The van der Waals surface area contributed by atoms with Gasteiger partial charge in [-0.15, -0.1) is 0 Å². The second-order valence-corrected chi connectivity index (χ2v) is 4.51. The van der Waals surface area contributed by atoms with E-state index >= 15 is 0 Å². The van der Waals surface area contributed by atoms with Gasteiger partial charge < -0.3 is 0 Å². The van der Waals surface area contributed by atoms with E-state index in [9.17, 15) is 0 Å². The molecule has 0 N–H and O–H groups in total. The number of rotatable bonds is 0. The van der Waals surface area contributed by atoms with Crippen LogP contribution in [0.3, 0.4) is 0 Å². The van der Waals surface area contributed by atoms with Gasteiger partial charge in [-0.1, -0.05) is 47.1 Å². The molecule has 0 saturated carbocycles. The highest BCUT2D eigenvalue weighted by Crippen LogP contribution is 2.16. The predicted octanol–water partition coefficient (Wildman–Crippen LogP) is 4.96. The fourth-order valence-corrected chi connectivity index (χ4v) is 1.57. The van der Waals surface area contributed by atoms with Crippen molar-refractivity contribution < 1.29 is 0 Å². The molecule has 0 aromatic heterocycles. The lowest BCUT2D eigenvalue weighted by Gasteiger charge is -2.05. The Hall–Kier alpha value is -1.04. The van der Waals surface area contributed by atoms with Crippen molar-refractivity contribution in [3.05, 3.63) is 47.1 Å². The van der Waals surface area contributed by atoms with Gasteiger partial charge in [0.1, 0.15) is 0 Å². The van der Waals surface area contributed by atoms with Crippen LogP contribution in [0.25, 0.3) is 0 Å². The van der Waals surface area contributed by atoms with Crippen molar-refractivity contribution >= 4 is 0 Å². The molecule has 0 atom stereocenters. The van der Waals surface area contributed by atoms with Crippen LogP contribution in [0.1, 0.15) is 46.5 Å². The molecule has 0 unspecified atom stereocenters. The average Bonchev–Trinajstić information content (AvgIpc) is 2.25. The zero-order chi connectivity index (χ0) is 11.1. The van der Waals surface area contributed by atoms with Gasteiger partial charge in [-0.25, -0.2) is 0 Å². The molecule has 0 amide bonds. The van der Waals surface area contributed by atoms with Crippen LogP contribution in [0.5, 0.6) is 0 Å². The van der Waals surface area contributed by atoms with Crippen LogP contribution in [-0.2, 0) is 0 Å². The molecule has 0 radical (unpaired) electrons. The van der Waals surface area contributed by atoms with Crippen molar-refractivity contribution in [2.75, 3.05) is 0 Å². The van der Waals surface area contributed by atoms with Gasteiger partial charge in [0.05, 0.1) is 0 Å². The maximum Gasteiger partial charge on any atom is -0.0283 e. The molecule has 0 fully saturated rings. The molecule has 0 saturated heterocycles. The van der Waals surface area contributed by atoms with Crippen LogP contribution in [-0.4, -0.2) is 0 Å². The summed E-state index contributed by atoms with van der Waals surface area (Å²) in [5, 5.41) is 0. The van der Waals surface area contributed by atoms with E-state index in [-0.39, 0.29) is 0 Å². The van der Waals surface area contributed by atoms with Gasteiger partial charge in [-0.2, -0.15) is 0 Å². The molecule has 15 heavy (non-hydrogen) atoms. The molecule has 0 heterocycles. The predicted molar refractivity (Wildman–Crippen MR) is 68.9 cm³/mol. The van der Waals surface area contributed by atoms with Gasteiger partial charge in [0.2, 0.25) is 0 Å². The van der Waals surface area contributed by atoms with E-state index in [1.807, 2.05) is 0 Å². The fraction of sp³-hybridized carbons (Fsp3) is 0.467. The van der Waals surface area contributed by atoms with Crippen LogP contribution in [0.15, 0.2) is 47.1 Å². The summed E-state index contributed by atoms with van der Waals surface area (Å²) in [5.41, 5.74) is 4.52. The van der Waals surface area contributed by atoms with Gasteiger partial charge in [0.15, 0.2) is 0 Å². The summed E-state index contributed by atoms with van der Waals surface area (Å²) < 4.78 is 0. The summed E-state index contributed by atoms with van der Waals surface area (Å²) in [4.78, 5) is 0. The third kappa shape index (κ3) is 5.41. The summed E-state index contributed by atoms with van der Waals surface area (Å²) >= 11 is 0. The Labute approximate surface area is 94.1 Å². The van der Waals surface area contributed by atoms with E-state index in [1.165, 1.54) is 42.4 Å². The first kappa shape index (κ1) is 12.0. The second kappa shape index (κ2) is 6.44. The first-order chi connectivity index (χ1) is 7.18. The van der Waals surface area contributed by atoms with Crippen LogP contribution in [0.2, 0.25) is 0 Å². The molecular weight excluding hydrogens is 180 g/mol. The van der Waals surface area contributed by atoms with Gasteiger partial charge in [-0.05, 0) is 46.5 Å². The number of hydrogen-bond acceptors (Lipinski definition) is 0. The van der Waals surface area contributed by atoms with E-state index in [2.05, 4.69) is 51.2 Å². The monoisotopic (exact) mass is 202 g/mol. The smallest absolute Gasteiger partial charge is 0.0283 e. The van der Waals surface area contributed by atoms with Crippen molar-refractivity contribution in [3.63, 3.8) is 0 Å². The van der Waals surface area contributed by atoms with Crippen molar-refractivity contribution in [3.8, 4) is 0 Å². The van der Waals surface area contributed by atoms with E-state index in [1.54, 1.807) is 0 Å². The van der Waals surface area contributed by atoms with E-state index in [0.717, 1.165) is 0 Å². The molecule has 2 aliphatic rings. The van der Waals surface area contributed by atoms with Crippen molar-refractivity contribution in [2.24, 2.45) is 0 Å². The van der Waals surface area contributed by atoms with Gasteiger partial charge >= 0.3 is 0 Å².